The molecule has 0 aromatic carbocycles. The quantitative estimate of drug-likeness (QED) is 0.0146. The molecule has 0 amide bonds. The molecular weight excluding hydrogens is 1170 g/mol. The largest absolute Gasteiger partial charge is 0.472 e. The molecule has 0 fully saturated rings. The number of carbonyl (C=O) groups excluding carboxylic acids is 3. The molecule has 0 radical (unpaired) electrons. The Hall–Kier alpha value is -4.83. The summed E-state index contributed by atoms with van der Waals surface area (Å²) in [7, 11) is -9.81. The van der Waals surface area contributed by atoms with Gasteiger partial charge >= 0.3 is 33.6 Å². The van der Waals surface area contributed by atoms with Crippen LogP contribution < -0.4 is 0 Å². The third kappa shape index (κ3) is 64.5. The zero-order valence-electron chi connectivity index (χ0n) is 54.3. The number of hydrogen-bond acceptors (Lipinski definition) is 14. The smallest absolute Gasteiger partial charge is 0.463 e. The first kappa shape index (κ1) is 84.2. The van der Waals surface area contributed by atoms with Gasteiger partial charge in [0.15, 0.2) is 6.10 Å². The van der Waals surface area contributed by atoms with E-state index in [1.54, 1.807) is 0 Å². The van der Waals surface area contributed by atoms with Gasteiger partial charge < -0.3 is 34.2 Å². The van der Waals surface area contributed by atoms with E-state index in [0.717, 1.165) is 154 Å². The molecule has 18 heteroatoms. The molecular formula is C71H114O16P2. The Bertz CT molecular complexity index is 2250. The normalized spacial score (nSPS) is 15.3. The minimum Gasteiger partial charge on any atom is -0.463 e. The first-order chi connectivity index (χ1) is 43.2. The standard InChI is InChI=1S/C71H114O16P2/c1-4-7-10-13-16-19-22-25-28-30-31-32-33-35-38-39-42-45-48-51-54-57-69(74)81-60-66(72)61-83-88(77,78)84-62-67(73)63-85-89(79,80)86-65-68(87-71(76)59-56-53-50-47-44-41-36-27-24-21-18-15-12-9-6-3)64-82-70(75)58-55-52-49-46-43-40-37-34-29-26-23-20-17-14-11-8-5-2/h7-12,16-21,25-29,31-32,35-38,40,42,45,66-68,72-73H,4-6,13-15,22-24,30,33-34,39,41,43-44,46-65H2,1-3H3,(H,77,78)(H,79,80)/b10-7-,11-8-,12-9-,19-16-,20-17-,21-18-,28-25-,29-26-,32-31-,36-27-,38-35-,40-37-,45-42-. The van der Waals surface area contributed by atoms with Gasteiger partial charge in [-0.15, -0.1) is 0 Å². The van der Waals surface area contributed by atoms with Crippen LogP contribution in [0.2, 0.25) is 0 Å². The number of rotatable bonds is 60. The fourth-order valence-electron chi connectivity index (χ4n) is 7.81. The highest BCUT2D eigenvalue weighted by atomic mass is 31.2. The number of carbonyl (C=O) groups is 3. The summed E-state index contributed by atoms with van der Waals surface area (Å²) in [5, 5.41) is 20.5. The van der Waals surface area contributed by atoms with E-state index in [1.807, 2.05) is 0 Å². The van der Waals surface area contributed by atoms with Gasteiger partial charge in [-0.05, 0) is 141 Å². The average molecular weight is 1290 g/mol. The summed E-state index contributed by atoms with van der Waals surface area (Å²) >= 11 is 0. The molecule has 0 aliphatic carbocycles. The number of hydrogen-bond donors (Lipinski definition) is 4. The lowest BCUT2D eigenvalue weighted by Crippen LogP contribution is -2.30. The lowest BCUT2D eigenvalue weighted by Gasteiger charge is -2.21. The zero-order valence-corrected chi connectivity index (χ0v) is 56.1. The number of allylic oxidation sites excluding steroid dienone is 26. The SMILES string of the molecule is CC/C=C\C/C=C\C/C=C\C/C=C\C/C=C\C/C=C\CCCCC(=O)OCC(O)COP(=O)(O)OCC(O)COP(=O)(O)OCC(COC(=O)CCCCCC/C=C\C/C=C\C/C=C\C/C=C\CC)OC(=O)CCCCCCC/C=C\C/C=C\C/C=C\CC. The average Bonchev–Trinajstić information content (AvgIpc) is 3.63. The van der Waals surface area contributed by atoms with E-state index in [0.29, 0.717) is 19.3 Å². The van der Waals surface area contributed by atoms with Crippen LogP contribution >= 0.6 is 15.6 Å². The summed E-state index contributed by atoms with van der Waals surface area (Å²) in [4.78, 5) is 58.3. The summed E-state index contributed by atoms with van der Waals surface area (Å²) in [5.41, 5.74) is 0. The molecule has 0 rings (SSSR count). The number of phosphoric ester groups is 2. The fourth-order valence-corrected chi connectivity index (χ4v) is 9.40. The highest BCUT2D eigenvalue weighted by molar-refractivity contribution is 7.47. The van der Waals surface area contributed by atoms with Gasteiger partial charge in [-0.25, -0.2) is 9.13 Å². The number of aliphatic hydroxyl groups is 2. The molecule has 89 heavy (non-hydrogen) atoms. The molecule has 5 atom stereocenters. The van der Waals surface area contributed by atoms with Crippen LogP contribution in [0.4, 0.5) is 0 Å². The van der Waals surface area contributed by atoms with Crippen molar-refractivity contribution in [3.63, 3.8) is 0 Å². The summed E-state index contributed by atoms with van der Waals surface area (Å²) in [6.07, 6.45) is 75.9. The van der Waals surface area contributed by atoms with Crippen molar-refractivity contribution in [2.24, 2.45) is 0 Å². The summed E-state index contributed by atoms with van der Waals surface area (Å²) < 4.78 is 60.7. The van der Waals surface area contributed by atoms with Crippen molar-refractivity contribution < 1.29 is 75.8 Å². The van der Waals surface area contributed by atoms with Crippen molar-refractivity contribution in [3.8, 4) is 0 Å². The third-order valence-corrected chi connectivity index (χ3v) is 14.6. The molecule has 0 heterocycles. The molecule has 0 saturated carbocycles. The van der Waals surface area contributed by atoms with Crippen molar-refractivity contribution in [2.75, 3.05) is 39.6 Å². The Balaban J connectivity index is 4.76. The van der Waals surface area contributed by atoms with Crippen LogP contribution in [0.1, 0.15) is 213 Å². The number of aliphatic hydroxyl groups excluding tert-OH is 2. The zero-order chi connectivity index (χ0) is 65.3. The summed E-state index contributed by atoms with van der Waals surface area (Å²) in [6, 6.07) is 0. The van der Waals surface area contributed by atoms with E-state index in [-0.39, 0.29) is 19.3 Å². The van der Waals surface area contributed by atoms with Gasteiger partial charge in [-0.2, -0.15) is 0 Å². The highest BCUT2D eigenvalue weighted by Crippen LogP contribution is 2.45. The first-order valence-corrected chi connectivity index (χ1v) is 35.8. The minimum atomic E-state index is -4.94. The number of esters is 3. The van der Waals surface area contributed by atoms with Crippen molar-refractivity contribution in [3.05, 3.63) is 158 Å². The predicted molar refractivity (Wildman–Crippen MR) is 362 cm³/mol. The van der Waals surface area contributed by atoms with Crippen LogP contribution in [0.3, 0.4) is 0 Å². The van der Waals surface area contributed by atoms with Crippen LogP contribution in [-0.4, -0.2) is 95.9 Å². The van der Waals surface area contributed by atoms with Crippen molar-refractivity contribution >= 4 is 33.6 Å². The maximum Gasteiger partial charge on any atom is 0.472 e. The third-order valence-electron chi connectivity index (χ3n) is 12.7. The molecule has 0 aromatic rings. The van der Waals surface area contributed by atoms with Crippen LogP contribution in [0.5, 0.6) is 0 Å². The van der Waals surface area contributed by atoms with Crippen molar-refractivity contribution in [1.82, 2.24) is 0 Å². The van der Waals surface area contributed by atoms with E-state index >= 15 is 0 Å². The molecule has 16 nitrogen and oxygen atoms in total. The second kappa shape index (κ2) is 63.3. The lowest BCUT2D eigenvalue weighted by molar-refractivity contribution is -0.161. The topological polar surface area (TPSA) is 231 Å². The predicted octanol–water partition coefficient (Wildman–Crippen LogP) is 18.0. The van der Waals surface area contributed by atoms with Crippen LogP contribution in [0.25, 0.3) is 0 Å². The van der Waals surface area contributed by atoms with Gasteiger partial charge in [0.1, 0.15) is 25.4 Å². The molecule has 0 aliphatic heterocycles. The Morgan fingerprint density at radius 2 is 0.562 bits per heavy atom. The summed E-state index contributed by atoms with van der Waals surface area (Å²) in [6.45, 7) is 2.18. The molecule has 0 aliphatic rings. The molecule has 0 bridgehead atoms. The van der Waals surface area contributed by atoms with Gasteiger partial charge in [-0.3, -0.25) is 32.5 Å². The molecule has 0 spiro atoms. The number of unbranched alkanes of at least 4 members (excludes halogenated alkanes) is 11. The Morgan fingerprint density at radius 3 is 0.910 bits per heavy atom. The highest BCUT2D eigenvalue weighted by Gasteiger charge is 2.29. The Labute approximate surface area is 536 Å². The van der Waals surface area contributed by atoms with Crippen molar-refractivity contribution in [2.45, 2.75) is 232 Å². The Morgan fingerprint density at radius 1 is 0.315 bits per heavy atom. The van der Waals surface area contributed by atoms with E-state index in [9.17, 15) is 43.5 Å². The van der Waals surface area contributed by atoms with Gasteiger partial charge in [0.05, 0.1) is 26.4 Å². The van der Waals surface area contributed by atoms with Crippen LogP contribution in [0.15, 0.2) is 158 Å². The van der Waals surface area contributed by atoms with E-state index in [2.05, 4.69) is 179 Å². The maximum atomic E-state index is 12.9. The maximum absolute atomic E-state index is 12.9. The van der Waals surface area contributed by atoms with Gasteiger partial charge in [-0.1, -0.05) is 211 Å². The van der Waals surface area contributed by atoms with Gasteiger partial charge in [0, 0.05) is 19.3 Å². The molecule has 4 N–H and O–H groups in total. The number of ether oxygens (including phenoxy) is 3. The second-order valence-corrected chi connectivity index (χ2v) is 24.0. The lowest BCUT2D eigenvalue weighted by atomic mass is 10.1. The monoisotopic (exact) mass is 1280 g/mol. The molecule has 0 aromatic heterocycles. The fraction of sp³-hybridized carbons (Fsp3) is 0.592. The van der Waals surface area contributed by atoms with Crippen LogP contribution in [0, 0.1) is 0 Å². The van der Waals surface area contributed by atoms with Gasteiger partial charge in [0.2, 0.25) is 0 Å². The van der Waals surface area contributed by atoms with E-state index < -0.39 is 91.5 Å². The van der Waals surface area contributed by atoms with E-state index in [1.165, 1.54) is 0 Å². The van der Waals surface area contributed by atoms with E-state index in [4.69, 9.17) is 32.3 Å². The molecule has 5 unspecified atom stereocenters. The first-order valence-electron chi connectivity index (χ1n) is 32.8. The number of phosphoric acid groups is 2. The van der Waals surface area contributed by atoms with Gasteiger partial charge in [0.25, 0.3) is 0 Å². The van der Waals surface area contributed by atoms with Crippen molar-refractivity contribution in [1.29, 1.82) is 0 Å². The molecule has 0 saturated heterocycles. The minimum absolute atomic E-state index is 0.0721. The Kier molecular flexibility index (Phi) is 59.9. The van der Waals surface area contributed by atoms with Crippen LogP contribution in [-0.2, 0) is 55.8 Å². The summed E-state index contributed by atoms with van der Waals surface area (Å²) in [5.74, 6) is -1.68. The molecule has 504 valence electrons. The second-order valence-electron chi connectivity index (χ2n) is 21.1.